The summed E-state index contributed by atoms with van der Waals surface area (Å²) < 4.78 is 11.3. The van der Waals surface area contributed by atoms with Crippen molar-refractivity contribution in [3.63, 3.8) is 0 Å². The predicted molar refractivity (Wildman–Crippen MR) is 135 cm³/mol. The van der Waals surface area contributed by atoms with Gasteiger partial charge in [0.1, 0.15) is 5.82 Å². The lowest BCUT2D eigenvalue weighted by Gasteiger charge is -2.25. The largest absolute Gasteiger partial charge is 0.450 e. The highest BCUT2D eigenvalue weighted by molar-refractivity contribution is 5.98. The van der Waals surface area contributed by atoms with Gasteiger partial charge >= 0.3 is 11.8 Å². The third kappa shape index (κ3) is 7.09. The first-order chi connectivity index (χ1) is 16.6. The molecule has 0 spiro atoms. The summed E-state index contributed by atoms with van der Waals surface area (Å²) in [6.45, 7) is 7.82. The third-order valence-corrected chi connectivity index (χ3v) is 5.13. The van der Waals surface area contributed by atoms with Crippen molar-refractivity contribution in [1.29, 1.82) is 0 Å². The average molecular weight is 491 g/mol. The fourth-order valence-corrected chi connectivity index (χ4v) is 3.43. The maximum atomic E-state index is 13.2. The van der Waals surface area contributed by atoms with Gasteiger partial charge in [-0.2, -0.15) is 0 Å². The maximum absolute atomic E-state index is 13.2. The van der Waals surface area contributed by atoms with Gasteiger partial charge in [0, 0.05) is 31.6 Å². The van der Waals surface area contributed by atoms with E-state index in [0.717, 1.165) is 0 Å². The van der Waals surface area contributed by atoms with Crippen LogP contribution >= 0.6 is 0 Å². The molecular weight excluding hydrogens is 456 g/mol. The highest BCUT2D eigenvalue weighted by Crippen LogP contribution is 2.24. The van der Waals surface area contributed by atoms with Crippen LogP contribution in [0.5, 0.6) is 0 Å². The Balaban J connectivity index is 2.33. The minimum atomic E-state index is -0.756. The number of carbonyl (C=O) groups excluding carboxylic acids is 2. The number of nitrogens with two attached hydrogens (primary N) is 1. The Bertz CT molecular complexity index is 1160. The van der Waals surface area contributed by atoms with Gasteiger partial charge in [0.15, 0.2) is 5.69 Å². The molecule has 1 aromatic carbocycles. The molecule has 0 aliphatic heterocycles. The second kappa shape index (κ2) is 12.6. The smallest absolute Gasteiger partial charge is 0.411 e. The van der Waals surface area contributed by atoms with Gasteiger partial charge in [-0.25, -0.2) is 9.59 Å². The van der Waals surface area contributed by atoms with Crippen LogP contribution in [0.15, 0.2) is 27.8 Å². The predicted octanol–water partition coefficient (Wildman–Crippen LogP) is 1.74. The number of carbonyl (C=O) groups is 2. The number of anilines is 4. The van der Waals surface area contributed by atoms with Crippen molar-refractivity contribution < 1.29 is 19.1 Å². The summed E-state index contributed by atoms with van der Waals surface area (Å²) in [5, 5.41) is 5.69. The molecule has 12 nitrogen and oxygen atoms in total. The number of nitrogens with one attached hydrogen (secondary N) is 3. The normalized spacial score (nSPS) is 10.8. The topological polar surface area (TPSA) is 161 Å². The molecule has 0 saturated heterocycles. The minimum absolute atomic E-state index is 0.0492. The second-order valence-corrected chi connectivity index (χ2v) is 8.21. The Kier molecular flexibility index (Phi) is 9.88. The lowest BCUT2D eigenvalue weighted by atomic mass is 10.1. The van der Waals surface area contributed by atoms with Gasteiger partial charge in [-0.05, 0) is 37.5 Å². The van der Waals surface area contributed by atoms with Crippen LogP contribution in [0.25, 0.3) is 0 Å². The van der Waals surface area contributed by atoms with Crippen molar-refractivity contribution >= 4 is 34.9 Å². The molecule has 35 heavy (non-hydrogen) atoms. The first kappa shape index (κ1) is 27.4. The Morgan fingerprint density at radius 1 is 1.23 bits per heavy atom. The summed E-state index contributed by atoms with van der Waals surface area (Å²) in [7, 11) is 1.47. The second-order valence-electron chi connectivity index (χ2n) is 8.21. The summed E-state index contributed by atoms with van der Waals surface area (Å²) in [6.07, 6.45) is -0.583. The lowest BCUT2D eigenvalue weighted by molar-refractivity contribution is -0.117. The molecule has 0 unspecified atom stereocenters. The van der Waals surface area contributed by atoms with Gasteiger partial charge in [-0.3, -0.25) is 24.5 Å². The Labute approximate surface area is 203 Å². The summed E-state index contributed by atoms with van der Waals surface area (Å²) in [5.74, 6) is -0.470. The molecule has 12 heteroatoms. The molecule has 0 atom stereocenters. The number of rotatable bonds is 11. The highest BCUT2D eigenvalue weighted by atomic mass is 16.5. The third-order valence-electron chi connectivity index (χ3n) is 5.13. The standard InChI is InChI=1S/C23H34N6O6/c1-6-35-23(33)26-17-9-7-8-16(15(17)4)25-12-18(30)28(10-11-34-5)19-20(24)29(13-14(2)3)22(32)27-21(19)31/h7-9,14,25H,6,10-13,24H2,1-5H3,(H,26,33)(H,27,31,32). The molecule has 0 bridgehead atoms. The van der Waals surface area contributed by atoms with Crippen LogP contribution in [0.4, 0.5) is 27.7 Å². The Morgan fingerprint density at radius 2 is 1.91 bits per heavy atom. The molecule has 1 aromatic heterocycles. The van der Waals surface area contributed by atoms with E-state index < -0.39 is 23.2 Å². The van der Waals surface area contributed by atoms with E-state index in [1.807, 2.05) is 13.8 Å². The quantitative estimate of drug-likeness (QED) is 0.370. The monoisotopic (exact) mass is 490 g/mol. The van der Waals surface area contributed by atoms with Crippen LogP contribution in [-0.4, -0.2) is 55.0 Å². The zero-order chi connectivity index (χ0) is 26.1. The Hall–Kier alpha value is -3.80. The average Bonchev–Trinajstić information content (AvgIpc) is 2.79. The van der Waals surface area contributed by atoms with Crippen molar-refractivity contribution in [2.24, 2.45) is 5.92 Å². The number of ether oxygens (including phenoxy) is 2. The van der Waals surface area contributed by atoms with Crippen molar-refractivity contribution in [2.45, 2.75) is 34.2 Å². The summed E-state index contributed by atoms with van der Waals surface area (Å²) in [6, 6.07) is 5.18. The SMILES string of the molecule is CCOC(=O)Nc1cccc(NCC(=O)N(CCOC)c2c(N)n(CC(C)C)c(=O)[nH]c2=O)c1C. The molecule has 2 rings (SSSR count). The molecular formula is C23H34N6O6. The molecule has 0 aliphatic rings. The lowest BCUT2D eigenvalue weighted by Crippen LogP contribution is -2.44. The van der Waals surface area contributed by atoms with E-state index in [0.29, 0.717) is 16.9 Å². The first-order valence-corrected chi connectivity index (χ1v) is 11.3. The highest BCUT2D eigenvalue weighted by Gasteiger charge is 2.24. The van der Waals surface area contributed by atoms with Crippen molar-refractivity contribution in [1.82, 2.24) is 9.55 Å². The van der Waals surface area contributed by atoms with Gasteiger partial charge in [0.05, 0.1) is 19.8 Å². The van der Waals surface area contributed by atoms with E-state index in [1.165, 1.54) is 16.6 Å². The van der Waals surface area contributed by atoms with Crippen molar-refractivity contribution in [2.75, 3.05) is 54.7 Å². The van der Waals surface area contributed by atoms with E-state index >= 15 is 0 Å². The number of aromatic amines is 1. The number of hydrogen-bond donors (Lipinski definition) is 4. The van der Waals surface area contributed by atoms with E-state index in [9.17, 15) is 19.2 Å². The molecule has 0 radical (unpaired) electrons. The van der Waals surface area contributed by atoms with E-state index in [-0.39, 0.29) is 50.3 Å². The summed E-state index contributed by atoms with van der Waals surface area (Å²) >= 11 is 0. The molecule has 0 aliphatic carbocycles. The molecule has 1 heterocycles. The molecule has 0 fully saturated rings. The van der Waals surface area contributed by atoms with Crippen LogP contribution in [0.3, 0.4) is 0 Å². The van der Waals surface area contributed by atoms with Gasteiger partial charge in [-0.15, -0.1) is 0 Å². The van der Waals surface area contributed by atoms with Crippen LogP contribution in [0.1, 0.15) is 26.3 Å². The Morgan fingerprint density at radius 3 is 2.54 bits per heavy atom. The van der Waals surface area contributed by atoms with Crippen molar-refractivity contribution in [3.05, 3.63) is 44.6 Å². The number of aromatic nitrogens is 2. The molecule has 0 saturated carbocycles. The zero-order valence-electron chi connectivity index (χ0n) is 20.8. The molecule has 2 aromatic rings. The number of hydrogen-bond acceptors (Lipinski definition) is 8. The molecule has 192 valence electrons. The van der Waals surface area contributed by atoms with Gasteiger partial charge in [0.2, 0.25) is 5.91 Å². The van der Waals surface area contributed by atoms with Gasteiger partial charge in [0.25, 0.3) is 5.56 Å². The van der Waals surface area contributed by atoms with E-state index in [2.05, 4.69) is 15.6 Å². The number of benzene rings is 1. The van der Waals surface area contributed by atoms with Crippen LogP contribution < -0.4 is 32.5 Å². The maximum Gasteiger partial charge on any atom is 0.411 e. The zero-order valence-corrected chi connectivity index (χ0v) is 20.8. The van der Waals surface area contributed by atoms with Crippen LogP contribution in [0, 0.1) is 12.8 Å². The van der Waals surface area contributed by atoms with Crippen LogP contribution in [0.2, 0.25) is 0 Å². The fourth-order valence-electron chi connectivity index (χ4n) is 3.43. The number of amides is 2. The number of H-pyrrole nitrogens is 1. The van der Waals surface area contributed by atoms with Gasteiger partial charge < -0.3 is 25.4 Å². The van der Waals surface area contributed by atoms with Crippen molar-refractivity contribution in [3.8, 4) is 0 Å². The number of nitrogens with zero attached hydrogens (tertiary/aromatic N) is 2. The molecule has 5 N–H and O–H groups in total. The minimum Gasteiger partial charge on any atom is -0.450 e. The summed E-state index contributed by atoms with van der Waals surface area (Å²) in [5.41, 5.74) is 6.53. The number of methoxy groups -OCH3 is 1. The van der Waals surface area contributed by atoms with Crippen LogP contribution in [-0.2, 0) is 20.8 Å². The molecule has 2 amide bonds. The first-order valence-electron chi connectivity index (χ1n) is 11.3. The van der Waals surface area contributed by atoms with Gasteiger partial charge in [-0.1, -0.05) is 19.9 Å². The van der Waals surface area contributed by atoms with E-state index in [4.69, 9.17) is 15.2 Å². The van der Waals surface area contributed by atoms with E-state index in [1.54, 1.807) is 32.0 Å². The fraction of sp³-hybridized carbons (Fsp3) is 0.478. The summed E-state index contributed by atoms with van der Waals surface area (Å²) in [4.78, 5) is 53.4. The number of nitrogen functional groups attached to an aromatic ring is 1.